The number of rotatable bonds is 9. The van der Waals surface area contributed by atoms with Crippen LogP contribution < -0.4 is 0 Å². The molecule has 1 aromatic carbocycles. The van der Waals surface area contributed by atoms with E-state index in [2.05, 4.69) is 0 Å². The van der Waals surface area contributed by atoms with E-state index in [9.17, 15) is 14.4 Å². The summed E-state index contributed by atoms with van der Waals surface area (Å²) >= 11 is 0. The Morgan fingerprint density at radius 1 is 0.633 bits per heavy atom. The molecule has 0 aliphatic carbocycles. The summed E-state index contributed by atoms with van der Waals surface area (Å²) in [6.07, 6.45) is 0.710. The fraction of sp³-hybridized carbons (Fsp3) is 0.625. The summed E-state index contributed by atoms with van der Waals surface area (Å²) in [5, 5.41) is 0. The Labute approximate surface area is 180 Å². The zero-order valence-corrected chi connectivity index (χ0v) is 19.8. The van der Waals surface area contributed by atoms with Crippen LogP contribution in [-0.4, -0.2) is 17.9 Å². The lowest BCUT2D eigenvalue weighted by Gasteiger charge is -2.38. The molecule has 0 heterocycles. The lowest BCUT2D eigenvalue weighted by molar-refractivity contribution is -0.162. The van der Waals surface area contributed by atoms with E-state index in [1.807, 2.05) is 18.2 Å². The van der Waals surface area contributed by atoms with Crippen LogP contribution >= 0.6 is 0 Å². The molecule has 0 N–H and O–H groups in total. The first-order chi connectivity index (χ1) is 13.7. The minimum absolute atomic E-state index is 0.226. The van der Waals surface area contributed by atoms with Gasteiger partial charge in [-0.1, -0.05) is 39.0 Å². The van der Waals surface area contributed by atoms with Gasteiger partial charge in [0.1, 0.15) is 16.8 Å². The van der Waals surface area contributed by atoms with E-state index in [1.54, 1.807) is 62.3 Å². The van der Waals surface area contributed by atoms with Gasteiger partial charge in [0.15, 0.2) is 0 Å². The molecule has 0 amide bonds. The van der Waals surface area contributed by atoms with E-state index >= 15 is 0 Å². The van der Waals surface area contributed by atoms with Crippen LogP contribution in [0.25, 0.3) is 0 Å². The Bertz CT molecular complexity index is 741. The number of benzene rings is 1. The number of hydrogen-bond donors (Lipinski definition) is 0. The van der Waals surface area contributed by atoms with Gasteiger partial charge in [0.25, 0.3) is 0 Å². The summed E-state index contributed by atoms with van der Waals surface area (Å²) < 4.78 is 17.2. The second-order valence-electron chi connectivity index (χ2n) is 8.74. The van der Waals surface area contributed by atoms with Crippen LogP contribution in [0, 0.1) is 0 Å². The molecule has 0 aromatic heterocycles. The van der Waals surface area contributed by atoms with E-state index in [-0.39, 0.29) is 37.2 Å². The molecule has 1 rings (SSSR count). The molecule has 0 bridgehead atoms. The highest BCUT2D eigenvalue weighted by Crippen LogP contribution is 2.42. The first kappa shape index (κ1) is 25.7. The predicted octanol–water partition coefficient (Wildman–Crippen LogP) is 5.25. The third-order valence-corrected chi connectivity index (χ3v) is 4.94. The van der Waals surface area contributed by atoms with Gasteiger partial charge in [-0.3, -0.25) is 14.4 Å². The Kier molecular flexibility index (Phi) is 8.24. The van der Waals surface area contributed by atoms with Crippen LogP contribution in [0.5, 0.6) is 0 Å². The highest BCUT2D eigenvalue weighted by molar-refractivity contribution is 5.71. The molecule has 0 unspecified atom stereocenters. The van der Waals surface area contributed by atoms with Gasteiger partial charge in [-0.25, -0.2) is 0 Å². The van der Waals surface area contributed by atoms with Crippen molar-refractivity contribution in [3.05, 3.63) is 34.9 Å². The predicted molar refractivity (Wildman–Crippen MR) is 115 cm³/mol. The summed E-state index contributed by atoms with van der Waals surface area (Å²) in [5.41, 5.74) is -0.981. The quantitative estimate of drug-likeness (QED) is 0.401. The molecule has 0 aliphatic heterocycles. The van der Waals surface area contributed by atoms with Crippen LogP contribution in [0.15, 0.2) is 18.2 Å². The zero-order chi connectivity index (χ0) is 23.3. The Hall–Kier alpha value is -2.37. The maximum atomic E-state index is 12.2. The van der Waals surface area contributed by atoms with Crippen molar-refractivity contribution in [1.82, 2.24) is 0 Å². The largest absolute Gasteiger partial charge is 0.455 e. The fourth-order valence-corrected chi connectivity index (χ4v) is 3.44. The van der Waals surface area contributed by atoms with E-state index in [1.165, 1.54) is 0 Å². The third-order valence-electron chi connectivity index (χ3n) is 4.94. The maximum absolute atomic E-state index is 12.2. The van der Waals surface area contributed by atoms with E-state index in [0.29, 0.717) is 16.7 Å². The molecule has 0 saturated carbocycles. The van der Waals surface area contributed by atoms with Crippen LogP contribution in [0.1, 0.15) is 98.3 Å². The zero-order valence-electron chi connectivity index (χ0n) is 19.8. The Morgan fingerprint density at radius 3 is 1.23 bits per heavy atom. The van der Waals surface area contributed by atoms with Crippen LogP contribution in [0.3, 0.4) is 0 Å². The van der Waals surface area contributed by atoms with Gasteiger partial charge >= 0.3 is 17.9 Å². The highest BCUT2D eigenvalue weighted by atomic mass is 16.6. The van der Waals surface area contributed by atoms with E-state index < -0.39 is 16.8 Å². The molecule has 0 atom stereocenters. The van der Waals surface area contributed by atoms with Crippen molar-refractivity contribution >= 4 is 17.9 Å². The van der Waals surface area contributed by atoms with E-state index in [0.717, 1.165) is 0 Å². The fourth-order valence-electron chi connectivity index (χ4n) is 3.44. The van der Waals surface area contributed by atoms with Gasteiger partial charge in [-0.2, -0.15) is 0 Å². The first-order valence-corrected chi connectivity index (χ1v) is 10.5. The average Bonchev–Trinajstić information content (AvgIpc) is 2.66. The number of esters is 3. The van der Waals surface area contributed by atoms with Crippen molar-refractivity contribution in [3.63, 3.8) is 0 Å². The van der Waals surface area contributed by atoms with Crippen LogP contribution in [0.4, 0.5) is 0 Å². The number of carbonyl (C=O) groups is 3. The monoisotopic (exact) mass is 420 g/mol. The molecular weight excluding hydrogens is 384 g/mol. The maximum Gasteiger partial charge on any atom is 0.306 e. The second kappa shape index (κ2) is 9.63. The summed E-state index contributed by atoms with van der Waals surface area (Å²) in [6, 6.07) is 5.52. The van der Waals surface area contributed by atoms with E-state index in [4.69, 9.17) is 14.2 Å². The lowest BCUT2D eigenvalue weighted by Crippen LogP contribution is -2.37. The smallest absolute Gasteiger partial charge is 0.306 e. The number of carbonyl (C=O) groups excluding carboxylic acids is 3. The summed E-state index contributed by atoms with van der Waals surface area (Å²) in [4.78, 5) is 36.3. The molecule has 1 aromatic rings. The lowest BCUT2D eigenvalue weighted by atomic mass is 9.78. The standard InChI is InChI=1S/C24H36O6/c1-10-18(25)28-22(4,5)16-14-13-15-17(23(6,7)29-19(26)11-2)21(16)24(8,9)30-20(27)12-3/h13-15H,10-12H2,1-9H3. The molecular formula is C24H36O6. The SMILES string of the molecule is CCC(=O)OC(C)(C)c1cccc(C(C)(C)OC(=O)CC)c1C(C)(C)OC(=O)CC. The minimum Gasteiger partial charge on any atom is -0.455 e. The number of ether oxygens (including phenoxy) is 3. The molecule has 0 aliphatic rings. The summed E-state index contributed by atoms with van der Waals surface area (Å²) in [6.45, 7) is 16.0. The van der Waals surface area contributed by atoms with Gasteiger partial charge in [0.2, 0.25) is 0 Å². The highest BCUT2D eigenvalue weighted by Gasteiger charge is 2.41. The molecule has 6 nitrogen and oxygen atoms in total. The molecule has 0 radical (unpaired) electrons. The molecule has 30 heavy (non-hydrogen) atoms. The minimum atomic E-state index is -1.05. The molecule has 6 heteroatoms. The number of hydrogen-bond acceptors (Lipinski definition) is 6. The average molecular weight is 421 g/mol. The molecule has 0 saturated heterocycles. The van der Waals surface area contributed by atoms with Crippen LogP contribution in [-0.2, 0) is 45.4 Å². The van der Waals surface area contributed by atoms with Gasteiger partial charge in [-0.15, -0.1) is 0 Å². The topological polar surface area (TPSA) is 78.9 Å². The Morgan fingerprint density at radius 2 is 0.933 bits per heavy atom. The van der Waals surface area contributed by atoms with Crippen molar-refractivity contribution in [2.75, 3.05) is 0 Å². The van der Waals surface area contributed by atoms with Gasteiger partial charge < -0.3 is 14.2 Å². The summed E-state index contributed by atoms with van der Waals surface area (Å²) in [7, 11) is 0. The van der Waals surface area contributed by atoms with Crippen molar-refractivity contribution in [2.24, 2.45) is 0 Å². The van der Waals surface area contributed by atoms with Crippen LogP contribution in [0.2, 0.25) is 0 Å². The molecule has 168 valence electrons. The van der Waals surface area contributed by atoms with Gasteiger partial charge in [-0.05, 0) is 41.5 Å². The van der Waals surface area contributed by atoms with Crippen molar-refractivity contribution < 1.29 is 28.6 Å². The molecule has 0 fully saturated rings. The normalized spacial score (nSPS) is 12.3. The van der Waals surface area contributed by atoms with Crippen molar-refractivity contribution in [1.29, 1.82) is 0 Å². The third kappa shape index (κ3) is 6.07. The molecule has 0 spiro atoms. The van der Waals surface area contributed by atoms with Crippen molar-refractivity contribution in [2.45, 2.75) is 98.4 Å². The van der Waals surface area contributed by atoms with Gasteiger partial charge in [0.05, 0.1) is 0 Å². The summed E-state index contributed by atoms with van der Waals surface area (Å²) in [5.74, 6) is -1.03. The first-order valence-electron chi connectivity index (χ1n) is 10.5. The van der Waals surface area contributed by atoms with Crippen molar-refractivity contribution in [3.8, 4) is 0 Å². The second-order valence-corrected chi connectivity index (χ2v) is 8.74. The van der Waals surface area contributed by atoms with Gasteiger partial charge in [0, 0.05) is 36.0 Å². The Balaban J connectivity index is 3.77.